The van der Waals surface area contributed by atoms with Gasteiger partial charge in [0.2, 0.25) is 5.91 Å². The zero-order valence-corrected chi connectivity index (χ0v) is 14.1. The Morgan fingerprint density at radius 2 is 2.26 bits per heavy atom. The van der Waals surface area contributed by atoms with Crippen molar-refractivity contribution in [3.05, 3.63) is 34.5 Å². The Kier molecular flexibility index (Phi) is 4.50. The molecular weight excluding hydrogens is 292 g/mol. The number of carbonyl (C=O) groups excluding carboxylic acids is 1. The van der Waals surface area contributed by atoms with Crippen molar-refractivity contribution in [2.24, 2.45) is 0 Å². The third kappa shape index (κ3) is 3.46. The fraction of sp³-hybridized carbons (Fsp3) is 0.588. The van der Waals surface area contributed by atoms with Gasteiger partial charge in [-0.15, -0.1) is 0 Å². The van der Waals surface area contributed by atoms with Gasteiger partial charge in [0.25, 0.3) is 0 Å². The van der Waals surface area contributed by atoms with Crippen LogP contribution in [0.4, 0.5) is 0 Å². The molecule has 0 saturated carbocycles. The monoisotopic (exact) mass is 316 g/mol. The Bertz CT molecular complexity index is 669. The summed E-state index contributed by atoms with van der Waals surface area (Å²) in [5.41, 5.74) is 4.10. The van der Waals surface area contributed by atoms with E-state index in [1.165, 1.54) is 0 Å². The van der Waals surface area contributed by atoms with Crippen LogP contribution >= 0.6 is 0 Å². The van der Waals surface area contributed by atoms with Crippen molar-refractivity contribution in [3.8, 4) is 0 Å². The third-order valence-corrected chi connectivity index (χ3v) is 4.69. The molecule has 1 fully saturated rings. The minimum absolute atomic E-state index is 0.210. The van der Waals surface area contributed by atoms with Gasteiger partial charge in [0.05, 0.1) is 11.4 Å². The number of likely N-dealkylation sites (tertiary alicyclic amines) is 1. The molecule has 1 amide bonds. The third-order valence-electron chi connectivity index (χ3n) is 4.69. The van der Waals surface area contributed by atoms with Gasteiger partial charge in [-0.1, -0.05) is 5.16 Å². The lowest BCUT2D eigenvalue weighted by Gasteiger charge is -2.32. The number of carbonyl (C=O) groups is 1. The highest BCUT2D eigenvalue weighted by molar-refractivity contribution is 5.76. The molecule has 2 aromatic rings. The van der Waals surface area contributed by atoms with Crippen LogP contribution in [0.25, 0.3) is 0 Å². The molecule has 2 aromatic heterocycles. The van der Waals surface area contributed by atoms with Gasteiger partial charge in [-0.25, -0.2) is 0 Å². The molecule has 3 rings (SSSR count). The van der Waals surface area contributed by atoms with E-state index in [1.807, 2.05) is 25.7 Å². The van der Waals surface area contributed by atoms with Gasteiger partial charge in [0.1, 0.15) is 5.76 Å². The summed E-state index contributed by atoms with van der Waals surface area (Å²) in [4.78, 5) is 14.5. The van der Waals surface area contributed by atoms with Crippen molar-refractivity contribution in [1.29, 1.82) is 0 Å². The van der Waals surface area contributed by atoms with E-state index in [0.717, 1.165) is 54.3 Å². The number of rotatable bonds is 4. The summed E-state index contributed by atoms with van der Waals surface area (Å²) in [6.07, 6.45) is 3.34. The number of H-pyrrole nitrogens is 1. The van der Waals surface area contributed by atoms with Gasteiger partial charge < -0.3 is 9.42 Å². The van der Waals surface area contributed by atoms with Crippen molar-refractivity contribution in [2.75, 3.05) is 13.1 Å². The molecule has 1 atom stereocenters. The first-order valence-electron chi connectivity index (χ1n) is 8.26. The lowest BCUT2D eigenvalue weighted by atomic mass is 9.94. The average Bonchev–Trinajstić information content (AvgIpc) is 3.12. The van der Waals surface area contributed by atoms with Crippen LogP contribution in [0.3, 0.4) is 0 Å². The Labute approximate surface area is 136 Å². The molecule has 0 spiro atoms. The number of nitrogens with one attached hydrogen (secondary N) is 1. The van der Waals surface area contributed by atoms with Crippen molar-refractivity contribution in [1.82, 2.24) is 20.3 Å². The highest BCUT2D eigenvalue weighted by Crippen LogP contribution is 2.26. The second-order valence-electron chi connectivity index (χ2n) is 6.46. The van der Waals surface area contributed by atoms with E-state index in [9.17, 15) is 4.79 Å². The van der Waals surface area contributed by atoms with E-state index >= 15 is 0 Å². The maximum atomic E-state index is 12.5. The second-order valence-corrected chi connectivity index (χ2v) is 6.46. The van der Waals surface area contributed by atoms with Gasteiger partial charge >= 0.3 is 0 Å². The van der Waals surface area contributed by atoms with E-state index < -0.39 is 0 Å². The maximum absolute atomic E-state index is 12.5. The quantitative estimate of drug-likeness (QED) is 0.941. The molecule has 124 valence electrons. The largest absolute Gasteiger partial charge is 0.361 e. The molecule has 6 heteroatoms. The van der Waals surface area contributed by atoms with E-state index in [0.29, 0.717) is 18.8 Å². The summed E-state index contributed by atoms with van der Waals surface area (Å²) in [6, 6.07) is 2.09. The molecule has 3 heterocycles. The summed E-state index contributed by atoms with van der Waals surface area (Å²) < 4.78 is 5.16. The Morgan fingerprint density at radius 3 is 2.91 bits per heavy atom. The van der Waals surface area contributed by atoms with Gasteiger partial charge in [0, 0.05) is 36.7 Å². The topological polar surface area (TPSA) is 75.0 Å². The molecule has 1 aliphatic heterocycles. The smallest absolute Gasteiger partial charge is 0.222 e. The number of hydrogen-bond acceptors (Lipinski definition) is 4. The van der Waals surface area contributed by atoms with Crippen LogP contribution in [0.2, 0.25) is 0 Å². The highest BCUT2D eigenvalue weighted by Gasteiger charge is 2.26. The highest BCUT2D eigenvalue weighted by atomic mass is 16.5. The molecule has 1 saturated heterocycles. The lowest BCUT2D eigenvalue weighted by Crippen LogP contribution is -2.39. The molecule has 0 bridgehead atoms. The minimum atomic E-state index is 0.210. The number of aromatic nitrogens is 3. The molecule has 1 aliphatic rings. The first-order chi connectivity index (χ1) is 11.0. The van der Waals surface area contributed by atoms with Crippen LogP contribution in [0.15, 0.2) is 10.6 Å². The number of hydrogen-bond donors (Lipinski definition) is 1. The van der Waals surface area contributed by atoms with Crippen molar-refractivity contribution in [2.45, 2.75) is 52.4 Å². The fourth-order valence-electron chi connectivity index (χ4n) is 3.34. The molecule has 0 radical (unpaired) electrons. The van der Waals surface area contributed by atoms with Crippen LogP contribution < -0.4 is 0 Å². The number of nitrogens with zero attached hydrogens (tertiary/aromatic N) is 3. The lowest BCUT2D eigenvalue weighted by molar-refractivity contribution is -0.132. The second kappa shape index (κ2) is 6.56. The predicted molar refractivity (Wildman–Crippen MR) is 86.2 cm³/mol. The first kappa shape index (κ1) is 15.8. The van der Waals surface area contributed by atoms with Gasteiger partial charge in [0.15, 0.2) is 0 Å². The molecule has 0 aliphatic carbocycles. The van der Waals surface area contributed by atoms with E-state index in [2.05, 4.69) is 21.4 Å². The Hall–Kier alpha value is -2.11. The van der Waals surface area contributed by atoms with Crippen LogP contribution in [-0.4, -0.2) is 39.3 Å². The van der Waals surface area contributed by atoms with Crippen molar-refractivity contribution >= 4 is 5.91 Å². The molecule has 6 nitrogen and oxygen atoms in total. The zero-order valence-electron chi connectivity index (χ0n) is 14.1. The fourth-order valence-corrected chi connectivity index (χ4v) is 3.34. The molecule has 23 heavy (non-hydrogen) atoms. The number of aromatic amines is 1. The SMILES string of the molecule is Cc1cc(C2CCCN(C(=O)CCc3c(C)noc3C)C2)n[nH]1. The number of amides is 1. The number of piperidine rings is 1. The van der Waals surface area contributed by atoms with E-state index in [-0.39, 0.29) is 5.91 Å². The summed E-state index contributed by atoms with van der Waals surface area (Å²) >= 11 is 0. The van der Waals surface area contributed by atoms with Gasteiger partial charge in [-0.2, -0.15) is 5.10 Å². The Balaban J connectivity index is 1.59. The summed E-state index contributed by atoms with van der Waals surface area (Å²) in [7, 11) is 0. The molecule has 1 unspecified atom stereocenters. The van der Waals surface area contributed by atoms with Gasteiger partial charge in [-0.05, 0) is 46.1 Å². The average molecular weight is 316 g/mol. The Morgan fingerprint density at radius 1 is 1.43 bits per heavy atom. The van der Waals surface area contributed by atoms with Crippen LogP contribution in [0, 0.1) is 20.8 Å². The predicted octanol–water partition coefficient (Wildman–Crippen LogP) is 2.66. The summed E-state index contributed by atoms with van der Waals surface area (Å²) in [6.45, 7) is 7.45. The summed E-state index contributed by atoms with van der Waals surface area (Å²) in [5.74, 6) is 1.37. The van der Waals surface area contributed by atoms with Gasteiger partial charge in [-0.3, -0.25) is 9.89 Å². The van der Waals surface area contributed by atoms with Crippen LogP contribution in [-0.2, 0) is 11.2 Å². The molecule has 0 aromatic carbocycles. The standard InChI is InChI=1S/C17H24N4O2/c1-11-9-16(19-18-11)14-5-4-8-21(10-14)17(22)7-6-15-12(2)20-23-13(15)3/h9,14H,4-8,10H2,1-3H3,(H,18,19). The van der Waals surface area contributed by atoms with Crippen molar-refractivity contribution in [3.63, 3.8) is 0 Å². The maximum Gasteiger partial charge on any atom is 0.222 e. The van der Waals surface area contributed by atoms with Crippen LogP contribution in [0.1, 0.15) is 53.6 Å². The number of aryl methyl sites for hydroxylation is 3. The van der Waals surface area contributed by atoms with Crippen molar-refractivity contribution < 1.29 is 9.32 Å². The first-order valence-corrected chi connectivity index (χ1v) is 8.26. The van der Waals surface area contributed by atoms with E-state index in [1.54, 1.807) is 0 Å². The molecule has 1 N–H and O–H groups in total. The normalized spacial score (nSPS) is 18.4. The minimum Gasteiger partial charge on any atom is -0.361 e. The van der Waals surface area contributed by atoms with Crippen LogP contribution in [0.5, 0.6) is 0 Å². The molecular formula is C17H24N4O2. The van der Waals surface area contributed by atoms with E-state index in [4.69, 9.17) is 4.52 Å². The summed E-state index contributed by atoms with van der Waals surface area (Å²) in [5, 5.41) is 11.3. The zero-order chi connectivity index (χ0) is 16.4.